The molecule has 76 valence electrons. The second-order valence-electron chi connectivity index (χ2n) is 4.00. The molecule has 3 N–H and O–H groups in total. The van der Waals surface area contributed by atoms with Crippen molar-refractivity contribution < 1.29 is 5.11 Å². The van der Waals surface area contributed by atoms with Gasteiger partial charge in [0, 0.05) is 11.1 Å². The maximum atomic E-state index is 9.81. The van der Waals surface area contributed by atoms with Crippen molar-refractivity contribution in [2.75, 3.05) is 0 Å². The van der Waals surface area contributed by atoms with Gasteiger partial charge in [-0.1, -0.05) is 36.6 Å². The fraction of sp³-hybridized carbons (Fsp3) is 0.455. The molecule has 1 aliphatic rings. The summed E-state index contributed by atoms with van der Waals surface area (Å²) in [6.07, 6.45) is 4.12. The van der Waals surface area contributed by atoms with Crippen molar-refractivity contribution in [3.05, 3.63) is 28.8 Å². The molecular weight excluding hydrogens is 198 g/mol. The van der Waals surface area contributed by atoms with Crippen LogP contribution in [-0.4, -0.2) is 5.11 Å². The van der Waals surface area contributed by atoms with E-state index in [2.05, 4.69) is 0 Å². The van der Waals surface area contributed by atoms with Crippen LogP contribution >= 0.6 is 11.6 Å². The lowest BCUT2D eigenvalue weighted by atomic mass is 9.89. The smallest absolute Gasteiger partial charge is 0.139 e. The van der Waals surface area contributed by atoms with Crippen LogP contribution in [0.1, 0.15) is 31.2 Å². The van der Waals surface area contributed by atoms with Gasteiger partial charge in [0.15, 0.2) is 0 Å². The van der Waals surface area contributed by atoms with E-state index in [0.29, 0.717) is 5.02 Å². The molecule has 3 heteroatoms. The van der Waals surface area contributed by atoms with Gasteiger partial charge < -0.3 is 10.8 Å². The lowest BCUT2D eigenvalue weighted by molar-refractivity contribution is 0.409. The van der Waals surface area contributed by atoms with E-state index < -0.39 is 0 Å². The molecule has 1 aromatic carbocycles. The number of phenols is 1. The van der Waals surface area contributed by atoms with Crippen LogP contribution in [0.5, 0.6) is 5.75 Å². The summed E-state index contributed by atoms with van der Waals surface area (Å²) in [6, 6.07) is 5.38. The second kappa shape index (κ2) is 3.44. The fourth-order valence-corrected chi connectivity index (χ4v) is 2.37. The molecule has 2 rings (SSSR count). The van der Waals surface area contributed by atoms with E-state index in [4.69, 9.17) is 17.3 Å². The zero-order valence-corrected chi connectivity index (χ0v) is 8.72. The molecule has 2 nitrogen and oxygen atoms in total. The van der Waals surface area contributed by atoms with E-state index in [-0.39, 0.29) is 11.3 Å². The topological polar surface area (TPSA) is 46.2 Å². The summed E-state index contributed by atoms with van der Waals surface area (Å²) < 4.78 is 0. The van der Waals surface area contributed by atoms with Crippen LogP contribution < -0.4 is 5.73 Å². The summed E-state index contributed by atoms with van der Waals surface area (Å²) in [5.41, 5.74) is 6.66. The Morgan fingerprint density at radius 1 is 1.29 bits per heavy atom. The minimum Gasteiger partial charge on any atom is -0.506 e. The van der Waals surface area contributed by atoms with Crippen LogP contribution in [0.3, 0.4) is 0 Å². The molecule has 1 aliphatic carbocycles. The van der Waals surface area contributed by atoms with Crippen LogP contribution in [0.4, 0.5) is 0 Å². The Morgan fingerprint density at radius 2 is 1.93 bits per heavy atom. The first-order chi connectivity index (χ1) is 6.63. The van der Waals surface area contributed by atoms with Gasteiger partial charge in [0.1, 0.15) is 5.75 Å². The van der Waals surface area contributed by atoms with Gasteiger partial charge in [0.2, 0.25) is 0 Å². The van der Waals surface area contributed by atoms with E-state index in [1.165, 1.54) is 0 Å². The summed E-state index contributed by atoms with van der Waals surface area (Å²) in [5.74, 6) is 0.151. The number of hydrogen-bond donors (Lipinski definition) is 2. The summed E-state index contributed by atoms with van der Waals surface area (Å²) in [7, 11) is 0. The maximum absolute atomic E-state index is 9.81. The Labute approximate surface area is 88.7 Å². The SMILES string of the molecule is NC1(c2cccc(Cl)c2O)CCCC1. The number of phenolic OH excluding ortho intramolecular Hbond substituents is 1. The van der Waals surface area contributed by atoms with Crippen molar-refractivity contribution in [3.63, 3.8) is 0 Å². The van der Waals surface area contributed by atoms with Crippen LogP contribution in [0, 0.1) is 0 Å². The summed E-state index contributed by atoms with van der Waals surface area (Å²) in [5, 5.41) is 10.2. The van der Waals surface area contributed by atoms with Gasteiger partial charge in [-0.25, -0.2) is 0 Å². The third-order valence-electron chi connectivity index (χ3n) is 3.02. The van der Waals surface area contributed by atoms with Crippen molar-refractivity contribution in [3.8, 4) is 5.75 Å². The van der Waals surface area contributed by atoms with Gasteiger partial charge in [-0.3, -0.25) is 0 Å². The number of halogens is 1. The van der Waals surface area contributed by atoms with Gasteiger partial charge in [-0.15, -0.1) is 0 Å². The van der Waals surface area contributed by atoms with Crippen molar-refractivity contribution in [1.29, 1.82) is 0 Å². The number of benzene rings is 1. The minimum atomic E-state index is -0.366. The highest BCUT2D eigenvalue weighted by molar-refractivity contribution is 6.32. The van der Waals surface area contributed by atoms with E-state index in [1.807, 2.05) is 12.1 Å². The predicted octanol–water partition coefficient (Wildman–Crippen LogP) is 2.77. The average molecular weight is 212 g/mol. The Kier molecular flexibility index (Phi) is 2.41. The standard InChI is InChI=1S/C11H14ClNO/c12-9-5-3-4-8(10(9)14)11(13)6-1-2-7-11/h3-5,14H,1-2,6-7,13H2. The second-order valence-corrected chi connectivity index (χ2v) is 4.41. The monoisotopic (exact) mass is 211 g/mol. The van der Waals surface area contributed by atoms with Crippen molar-refractivity contribution in [1.82, 2.24) is 0 Å². The van der Waals surface area contributed by atoms with Crippen molar-refractivity contribution in [2.24, 2.45) is 5.73 Å². The maximum Gasteiger partial charge on any atom is 0.139 e. The minimum absolute atomic E-state index is 0.151. The molecule has 1 fully saturated rings. The molecule has 0 atom stereocenters. The summed E-state index contributed by atoms with van der Waals surface area (Å²) >= 11 is 5.85. The van der Waals surface area contributed by atoms with E-state index >= 15 is 0 Å². The van der Waals surface area contributed by atoms with Gasteiger partial charge in [0.05, 0.1) is 5.02 Å². The first kappa shape index (κ1) is 9.81. The lowest BCUT2D eigenvalue weighted by Crippen LogP contribution is -2.33. The highest BCUT2D eigenvalue weighted by Gasteiger charge is 2.33. The Balaban J connectivity index is 2.45. The molecule has 0 bridgehead atoms. The van der Waals surface area contributed by atoms with E-state index in [0.717, 1.165) is 31.2 Å². The molecule has 0 spiro atoms. The normalized spacial score (nSPS) is 19.9. The molecule has 0 saturated heterocycles. The zero-order chi connectivity index (χ0) is 10.2. The third-order valence-corrected chi connectivity index (χ3v) is 3.32. The first-order valence-corrected chi connectivity index (χ1v) is 5.28. The number of nitrogens with two attached hydrogens (primary N) is 1. The van der Waals surface area contributed by atoms with Gasteiger partial charge >= 0.3 is 0 Å². The number of rotatable bonds is 1. The molecule has 0 unspecified atom stereocenters. The molecule has 1 aromatic rings. The van der Waals surface area contributed by atoms with Crippen molar-refractivity contribution in [2.45, 2.75) is 31.2 Å². The summed E-state index contributed by atoms with van der Waals surface area (Å²) in [6.45, 7) is 0. The Bertz CT molecular complexity index is 345. The van der Waals surface area contributed by atoms with E-state index in [9.17, 15) is 5.11 Å². The highest BCUT2D eigenvalue weighted by Crippen LogP contribution is 2.42. The predicted molar refractivity (Wildman–Crippen MR) is 57.5 cm³/mol. The van der Waals surface area contributed by atoms with Gasteiger partial charge in [-0.2, -0.15) is 0 Å². The molecule has 0 heterocycles. The molecule has 0 aromatic heterocycles. The van der Waals surface area contributed by atoms with Crippen molar-refractivity contribution >= 4 is 11.6 Å². The quantitative estimate of drug-likeness (QED) is 0.751. The number of aromatic hydroxyl groups is 1. The molecule has 14 heavy (non-hydrogen) atoms. The number of para-hydroxylation sites is 1. The van der Waals surface area contributed by atoms with Crippen LogP contribution in [0.2, 0.25) is 5.02 Å². The largest absolute Gasteiger partial charge is 0.506 e. The highest BCUT2D eigenvalue weighted by atomic mass is 35.5. The molecule has 0 radical (unpaired) electrons. The molecule has 0 aliphatic heterocycles. The molecule has 0 amide bonds. The number of hydrogen-bond acceptors (Lipinski definition) is 2. The Morgan fingerprint density at radius 3 is 2.57 bits per heavy atom. The first-order valence-electron chi connectivity index (χ1n) is 4.90. The van der Waals surface area contributed by atoms with Gasteiger partial charge in [-0.05, 0) is 18.9 Å². The van der Waals surface area contributed by atoms with Crippen LogP contribution in [0.15, 0.2) is 18.2 Å². The zero-order valence-electron chi connectivity index (χ0n) is 7.96. The fourth-order valence-electron chi connectivity index (χ4n) is 2.19. The van der Waals surface area contributed by atoms with Crippen LogP contribution in [0.25, 0.3) is 0 Å². The van der Waals surface area contributed by atoms with Gasteiger partial charge in [0.25, 0.3) is 0 Å². The Hall–Kier alpha value is -0.730. The lowest BCUT2D eigenvalue weighted by Gasteiger charge is -2.25. The third kappa shape index (κ3) is 1.49. The molecular formula is C11H14ClNO. The molecule has 1 saturated carbocycles. The average Bonchev–Trinajstić information content (AvgIpc) is 2.58. The van der Waals surface area contributed by atoms with E-state index in [1.54, 1.807) is 6.07 Å². The summed E-state index contributed by atoms with van der Waals surface area (Å²) in [4.78, 5) is 0. The van der Waals surface area contributed by atoms with Crippen LogP contribution in [-0.2, 0) is 5.54 Å².